The lowest BCUT2D eigenvalue weighted by Gasteiger charge is -2.43. The molecule has 0 radical (unpaired) electrons. The van der Waals surface area contributed by atoms with E-state index in [1.165, 1.54) is 23.2 Å². The first-order valence-corrected chi connectivity index (χ1v) is 10.8. The number of rotatable bonds is 3. The van der Waals surface area contributed by atoms with E-state index in [2.05, 4.69) is 34.1 Å². The van der Waals surface area contributed by atoms with Crippen LogP contribution in [0.4, 0.5) is 0 Å². The maximum Gasteiger partial charge on any atom is 0.251 e. The monoisotopic (exact) mass is 399 g/mol. The third-order valence-electron chi connectivity index (χ3n) is 6.79. The summed E-state index contributed by atoms with van der Waals surface area (Å²) in [7, 11) is 0. The molecule has 0 aliphatic carbocycles. The summed E-state index contributed by atoms with van der Waals surface area (Å²) in [5.41, 5.74) is 5.99. The molecule has 1 fully saturated rings. The number of aromatic nitrogens is 2. The van der Waals surface area contributed by atoms with Crippen LogP contribution in [0.25, 0.3) is 11.1 Å². The van der Waals surface area contributed by atoms with Gasteiger partial charge in [0.1, 0.15) is 5.75 Å². The summed E-state index contributed by atoms with van der Waals surface area (Å²) in [5, 5.41) is 0. The predicted octanol–water partition coefficient (Wildman–Crippen LogP) is 3.46. The first-order valence-electron chi connectivity index (χ1n) is 10.8. The maximum absolute atomic E-state index is 12.9. The summed E-state index contributed by atoms with van der Waals surface area (Å²) >= 11 is 0. The molecule has 3 aromatic rings. The summed E-state index contributed by atoms with van der Waals surface area (Å²) in [6.45, 7) is 4.65. The van der Waals surface area contributed by atoms with Crippen LogP contribution in [0.2, 0.25) is 0 Å². The van der Waals surface area contributed by atoms with Gasteiger partial charge in [-0.15, -0.1) is 0 Å². The zero-order chi connectivity index (χ0) is 20.1. The number of ether oxygens (including phenoxy) is 1. The molecule has 2 atom stereocenters. The lowest BCUT2D eigenvalue weighted by atomic mass is 9.82. The Hall–Kier alpha value is -2.92. The van der Waals surface area contributed by atoms with Gasteiger partial charge >= 0.3 is 0 Å². The van der Waals surface area contributed by atoms with Crippen LogP contribution < -0.4 is 10.3 Å². The van der Waals surface area contributed by atoms with Crippen LogP contribution in [0.15, 0.2) is 59.7 Å². The minimum atomic E-state index is 0.119. The number of fused-ring (bicyclic) bond motifs is 5. The van der Waals surface area contributed by atoms with Gasteiger partial charge in [-0.25, -0.2) is 0 Å². The molecule has 1 saturated heterocycles. The minimum Gasteiger partial charge on any atom is -0.493 e. The topological polar surface area (TPSA) is 47.4 Å². The largest absolute Gasteiger partial charge is 0.493 e. The van der Waals surface area contributed by atoms with Crippen molar-refractivity contribution in [3.8, 4) is 16.9 Å². The SMILES string of the molecule is O=c1cc(-c2cccnc2)cc2n1C[C@H]1C[C@@H]2CN(Cc2ccc3c(c2)CCO3)C1. The second-order valence-corrected chi connectivity index (χ2v) is 8.89. The fourth-order valence-electron chi connectivity index (χ4n) is 5.48. The van der Waals surface area contributed by atoms with Crippen LogP contribution in [-0.4, -0.2) is 34.1 Å². The van der Waals surface area contributed by atoms with E-state index >= 15 is 0 Å². The Labute approximate surface area is 175 Å². The highest BCUT2D eigenvalue weighted by Crippen LogP contribution is 2.37. The number of benzene rings is 1. The van der Waals surface area contributed by atoms with E-state index in [1.807, 2.05) is 22.9 Å². The van der Waals surface area contributed by atoms with Gasteiger partial charge in [0, 0.05) is 68.2 Å². The summed E-state index contributed by atoms with van der Waals surface area (Å²) in [6, 6.07) is 14.6. The van der Waals surface area contributed by atoms with E-state index in [0.29, 0.717) is 11.8 Å². The van der Waals surface area contributed by atoms with Crippen LogP contribution in [0.3, 0.4) is 0 Å². The Kier molecular flexibility index (Phi) is 4.23. The molecule has 5 heterocycles. The van der Waals surface area contributed by atoms with Crippen molar-refractivity contribution < 1.29 is 4.74 Å². The van der Waals surface area contributed by atoms with Gasteiger partial charge in [-0.1, -0.05) is 18.2 Å². The average Bonchev–Trinajstić information content (AvgIpc) is 3.23. The molecule has 0 N–H and O–H groups in total. The van der Waals surface area contributed by atoms with Gasteiger partial charge in [-0.05, 0) is 47.2 Å². The molecule has 0 spiro atoms. The predicted molar refractivity (Wildman–Crippen MR) is 116 cm³/mol. The van der Waals surface area contributed by atoms with Gasteiger partial charge < -0.3 is 9.30 Å². The molecule has 0 saturated carbocycles. The van der Waals surface area contributed by atoms with E-state index in [0.717, 1.165) is 56.1 Å². The molecule has 30 heavy (non-hydrogen) atoms. The second kappa shape index (κ2) is 7.10. The van der Waals surface area contributed by atoms with Crippen molar-refractivity contribution >= 4 is 0 Å². The Morgan fingerprint density at radius 2 is 2.03 bits per heavy atom. The molecule has 3 aliphatic heterocycles. The average molecular weight is 399 g/mol. The molecule has 0 unspecified atom stereocenters. The highest BCUT2D eigenvalue weighted by molar-refractivity contribution is 5.62. The Balaban J connectivity index is 1.28. The lowest BCUT2D eigenvalue weighted by molar-refractivity contribution is 0.114. The van der Waals surface area contributed by atoms with E-state index in [4.69, 9.17) is 4.74 Å². The number of hydrogen-bond donors (Lipinski definition) is 0. The highest BCUT2D eigenvalue weighted by Gasteiger charge is 2.35. The molecule has 5 heteroatoms. The van der Waals surface area contributed by atoms with Crippen LogP contribution in [-0.2, 0) is 19.5 Å². The zero-order valence-corrected chi connectivity index (χ0v) is 17.0. The number of hydrogen-bond acceptors (Lipinski definition) is 4. The molecule has 0 amide bonds. The first kappa shape index (κ1) is 17.9. The molecule has 2 aromatic heterocycles. The van der Waals surface area contributed by atoms with Crippen molar-refractivity contribution in [1.29, 1.82) is 0 Å². The summed E-state index contributed by atoms with van der Waals surface area (Å²) in [5.74, 6) is 1.99. The van der Waals surface area contributed by atoms with Crippen molar-refractivity contribution in [2.45, 2.75) is 31.8 Å². The molecule has 2 bridgehead atoms. The number of pyridine rings is 2. The normalized spacial score (nSPS) is 22.3. The van der Waals surface area contributed by atoms with E-state index in [1.54, 1.807) is 12.3 Å². The van der Waals surface area contributed by atoms with Gasteiger partial charge in [-0.2, -0.15) is 0 Å². The second-order valence-electron chi connectivity index (χ2n) is 8.89. The lowest BCUT2D eigenvalue weighted by Crippen LogP contribution is -2.46. The van der Waals surface area contributed by atoms with Gasteiger partial charge in [-0.3, -0.25) is 14.7 Å². The third-order valence-corrected chi connectivity index (χ3v) is 6.79. The summed E-state index contributed by atoms with van der Waals surface area (Å²) < 4.78 is 7.67. The quantitative estimate of drug-likeness (QED) is 0.677. The Morgan fingerprint density at radius 1 is 1.07 bits per heavy atom. The fraction of sp³-hybridized carbons (Fsp3) is 0.360. The Bertz CT molecular complexity index is 1150. The van der Waals surface area contributed by atoms with Crippen molar-refractivity contribution in [2.24, 2.45) is 5.92 Å². The molecule has 152 valence electrons. The first-order chi connectivity index (χ1) is 14.7. The van der Waals surface area contributed by atoms with Gasteiger partial charge in [0.25, 0.3) is 5.56 Å². The number of nitrogens with zero attached hydrogens (tertiary/aromatic N) is 3. The minimum absolute atomic E-state index is 0.119. The standard InChI is InChI=1S/C25H25N3O2/c29-25-11-21(20-2-1-6-26-12-20)10-23-22-9-18(15-28(23)25)14-27(16-22)13-17-3-4-24-19(8-17)5-7-30-24/h1-4,6,8,10-12,18,22H,5,7,9,13-16H2/t18-,22+/m0/s1. The highest BCUT2D eigenvalue weighted by atomic mass is 16.5. The van der Waals surface area contributed by atoms with Gasteiger partial charge in [0.15, 0.2) is 0 Å². The van der Waals surface area contributed by atoms with Crippen molar-refractivity contribution in [3.05, 3.63) is 82.0 Å². The number of piperidine rings is 1. The molecule has 3 aliphatic rings. The van der Waals surface area contributed by atoms with E-state index in [9.17, 15) is 4.79 Å². The Morgan fingerprint density at radius 3 is 2.93 bits per heavy atom. The zero-order valence-electron chi connectivity index (χ0n) is 17.0. The smallest absolute Gasteiger partial charge is 0.251 e. The fourth-order valence-corrected chi connectivity index (χ4v) is 5.48. The van der Waals surface area contributed by atoms with E-state index in [-0.39, 0.29) is 5.56 Å². The molecule has 6 rings (SSSR count). The molecular formula is C25H25N3O2. The van der Waals surface area contributed by atoms with Crippen LogP contribution in [0.1, 0.15) is 29.2 Å². The maximum atomic E-state index is 12.9. The molecule has 5 nitrogen and oxygen atoms in total. The number of likely N-dealkylation sites (tertiary alicyclic amines) is 1. The third kappa shape index (κ3) is 3.14. The van der Waals surface area contributed by atoms with Gasteiger partial charge in [0.2, 0.25) is 0 Å². The van der Waals surface area contributed by atoms with Crippen molar-refractivity contribution in [2.75, 3.05) is 19.7 Å². The molecular weight excluding hydrogens is 374 g/mol. The van der Waals surface area contributed by atoms with E-state index < -0.39 is 0 Å². The van der Waals surface area contributed by atoms with Crippen molar-refractivity contribution in [3.63, 3.8) is 0 Å². The molecule has 1 aromatic carbocycles. The van der Waals surface area contributed by atoms with Crippen molar-refractivity contribution in [1.82, 2.24) is 14.5 Å². The van der Waals surface area contributed by atoms with Crippen LogP contribution in [0.5, 0.6) is 5.75 Å². The summed E-state index contributed by atoms with van der Waals surface area (Å²) in [6.07, 6.45) is 5.79. The van der Waals surface area contributed by atoms with Crippen LogP contribution >= 0.6 is 0 Å². The van der Waals surface area contributed by atoms with Crippen LogP contribution in [0, 0.1) is 5.92 Å². The van der Waals surface area contributed by atoms with Gasteiger partial charge in [0.05, 0.1) is 6.61 Å². The summed E-state index contributed by atoms with van der Waals surface area (Å²) in [4.78, 5) is 19.7.